The van der Waals surface area contributed by atoms with Crippen molar-refractivity contribution in [2.24, 2.45) is 13.0 Å². The smallest absolute Gasteiger partial charge is 0.0489 e. The second-order valence-electron chi connectivity index (χ2n) is 2.91. The Kier molecular flexibility index (Phi) is 11.7. The van der Waals surface area contributed by atoms with E-state index in [1.54, 1.807) is 10.9 Å². The molecule has 1 aromatic rings. The van der Waals surface area contributed by atoms with Crippen LogP contribution in [0.3, 0.4) is 0 Å². The molecule has 0 N–H and O–H groups in total. The van der Waals surface area contributed by atoms with Gasteiger partial charge in [-0.25, -0.2) is 0 Å². The molecule has 2 nitrogen and oxygen atoms in total. The Hall–Kier alpha value is -0.790. The van der Waals surface area contributed by atoms with Crippen LogP contribution >= 0.6 is 0 Å². The molecule has 0 atom stereocenters. The van der Waals surface area contributed by atoms with Crippen LogP contribution in [0, 0.1) is 5.92 Å². The van der Waals surface area contributed by atoms with Gasteiger partial charge < -0.3 is 0 Å². The van der Waals surface area contributed by atoms with Crippen molar-refractivity contribution in [1.29, 1.82) is 0 Å². The second kappa shape index (κ2) is 10.2. The van der Waals surface area contributed by atoms with Crippen LogP contribution in [0.4, 0.5) is 0 Å². The largest absolute Gasteiger partial charge is 0.276 e. The molecule has 0 bridgehead atoms. The highest BCUT2D eigenvalue weighted by Gasteiger charge is 1.69. The molecule has 0 fully saturated rings. The highest BCUT2D eigenvalue weighted by atomic mass is 15.2. The van der Waals surface area contributed by atoms with Gasteiger partial charge in [-0.3, -0.25) is 4.68 Å². The van der Waals surface area contributed by atoms with Crippen LogP contribution < -0.4 is 0 Å². The minimum absolute atomic E-state index is 0.833. The molecule has 12 heavy (non-hydrogen) atoms. The predicted molar refractivity (Wildman–Crippen MR) is 55.1 cm³/mol. The molecular formula is C10H22N2. The molecule has 0 spiro atoms. The van der Waals surface area contributed by atoms with E-state index in [1.807, 2.05) is 33.2 Å². The number of rotatable bonds is 0. The van der Waals surface area contributed by atoms with Crippen molar-refractivity contribution in [1.82, 2.24) is 9.78 Å². The van der Waals surface area contributed by atoms with Gasteiger partial charge in [0.2, 0.25) is 0 Å². The predicted octanol–water partition coefficient (Wildman–Crippen LogP) is 3.11. The van der Waals surface area contributed by atoms with Gasteiger partial charge in [0.1, 0.15) is 0 Å². The first kappa shape index (κ1) is 13.8. The number of hydrogen-bond acceptors (Lipinski definition) is 1. The molecule has 2 heteroatoms. The molecule has 0 saturated carbocycles. The average molecular weight is 170 g/mol. The minimum Gasteiger partial charge on any atom is -0.276 e. The summed E-state index contributed by atoms with van der Waals surface area (Å²) < 4.78 is 1.75. The van der Waals surface area contributed by atoms with Gasteiger partial charge >= 0.3 is 0 Å². The topological polar surface area (TPSA) is 17.8 Å². The van der Waals surface area contributed by atoms with Gasteiger partial charge in [0.05, 0.1) is 0 Å². The SMILES string of the molecule is CC.CC(C)C.Cn1cccn1. The van der Waals surface area contributed by atoms with Gasteiger partial charge in [-0.2, -0.15) is 5.10 Å². The minimum atomic E-state index is 0.833. The highest BCUT2D eigenvalue weighted by Crippen LogP contribution is 1.81. The van der Waals surface area contributed by atoms with Crippen molar-refractivity contribution < 1.29 is 0 Å². The molecule has 1 aromatic heterocycles. The lowest BCUT2D eigenvalue weighted by Crippen LogP contribution is -1.83. The Bertz CT molecular complexity index is 140. The van der Waals surface area contributed by atoms with Crippen molar-refractivity contribution in [3.63, 3.8) is 0 Å². The number of nitrogens with zero attached hydrogens (tertiary/aromatic N) is 2. The van der Waals surface area contributed by atoms with E-state index in [0.717, 1.165) is 5.92 Å². The summed E-state index contributed by atoms with van der Waals surface area (Å²) in [5, 5.41) is 3.83. The molecule has 0 aliphatic carbocycles. The zero-order valence-corrected chi connectivity index (χ0v) is 9.20. The zero-order chi connectivity index (χ0) is 9.98. The molecule has 0 aliphatic rings. The standard InChI is InChI=1S/C4H6N2.C4H10.C2H6/c1-6-4-2-3-5-6;1-4(2)3;1-2/h2-4H,1H3;4H,1-3H3;1-2H3. The first-order valence-corrected chi connectivity index (χ1v) is 4.56. The summed E-state index contributed by atoms with van der Waals surface area (Å²) in [5.74, 6) is 0.833. The van der Waals surface area contributed by atoms with Crippen LogP contribution in [0.15, 0.2) is 18.5 Å². The lowest BCUT2D eigenvalue weighted by molar-refractivity contribution is 0.737. The van der Waals surface area contributed by atoms with Crippen LogP contribution in [0.2, 0.25) is 0 Å². The molecule has 0 radical (unpaired) electrons. The number of aryl methyl sites for hydroxylation is 1. The van der Waals surface area contributed by atoms with Crippen molar-refractivity contribution in [2.75, 3.05) is 0 Å². The normalized spacial score (nSPS) is 7.92. The Balaban J connectivity index is 0. The van der Waals surface area contributed by atoms with E-state index in [2.05, 4.69) is 25.9 Å². The molecule has 0 amide bonds. The Morgan fingerprint density at radius 3 is 1.67 bits per heavy atom. The maximum absolute atomic E-state index is 3.83. The molecule has 0 saturated heterocycles. The molecule has 0 aromatic carbocycles. The summed E-state index contributed by atoms with van der Waals surface area (Å²) in [4.78, 5) is 0. The average Bonchev–Trinajstić information content (AvgIpc) is 2.43. The van der Waals surface area contributed by atoms with E-state index >= 15 is 0 Å². The Morgan fingerprint density at radius 2 is 1.58 bits per heavy atom. The molecule has 1 heterocycles. The number of aromatic nitrogens is 2. The van der Waals surface area contributed by atoms with E-state index in [-0.39, 0.29) is 0 Å². The fourth-order valence-electron chi connectivity index (χ4n) is 0.345. The van der Waals surface area contributed by atoms with E-state index in [0.29, 0.717) is 0 Å². The van der Waals surface area contributed by atoms with E-state index < -0.39 is 0 Å². The van der Waals surface area contributed by atoms with E-state index in [1.165, 1.54) is 0 Å². The molecule has 72 valence electrons. The van der Waals surface area contributed by atoms with Crippen LogP contribution in [-0.4, -0.2) is 9.78 Å². The van der Waals surface area contributed by atoms with Crippen molar-refractivity contribution in [3.05, 3.63) is 18.5 Å². The summed E-state index contributed by atoms with van der Waals surface area (Å²) >= 11 is 0. The van der Waals surface area contributed by atoms with Crippen LogP contribution in [0.1, 0.15) is 34.6 Å². The highest BCUT2D eigenvalue weighted by molar-refractivity contribution is 4.75. The zero-order valence-electron chi connectivity index (χ0n) is 9.20. The van der Waals surface area contributed by atoms with Gasteiger partial charge in [0.25, 0.3) is 0 Å². The Labute approximate surface area is 76.6 Å². The fourth-order valence-corrected chi connectivity index (χ4v) is 0.345. The van der Waals surface area contributed by atoms with Gasteiger partial charge in [-0.05, 0) is 12.0 Å². The van der Waals surface area contributed by atoms with E-state index in [4.69, 9.17) is 0 Å². The van der Waals surface area contributed by atoms with Gasteiger partial charge in [0, 0.05) is 19.4 Å². The summed E-state index contributed by atoms with van der Waals surface area (Å²) in [6.45, 7) is 10.5. The van der Waals surface area contributed by atoms with Crippen LogP contribution in [0.5, 0.6) is 0 Å². The van der Waals surface area contributed by atoms with Gasteiger partial charge in [-0.1, -0.05) is 34.6 Å². The quantitative estimate of drug-likeness (QED) is 0.585. The third-order valence-corrected chi connectivity index (χ3v) is 0.637. The molecular weight excluding hydrogens is 148 g/mol. The lowest BCUT2D eigenvalue weighted by atomic mass is 10.3. The Morgan fingerprint density at radius 1 is 1.17 bits per heavy atom. The maximum Gasteiger partial charge on any atom is 0.0489 e. The van der Waals surface area contributed by atoms with Crippen molar-refractivity contribution in [3.8, 4) is 0 Å². The van der Waals surface area contributed by atoms with Crippen LogP contribution in [-0.2, 0) is 7.05 Å². The molecule has 0 unspecified atom stereocenters. The van der Waals surface area contributed by atoms with Gasteiger partial charge in [0.15, 0.2) is 0 Å². The summed E-state index contributed by atoms with van der Waals surface area (Å²) in [6, 6.07) is 1.89. The van der Waals surface area contributed by atoms with Crippen molar-refractivity contribution in [2.45, 2.75) is 34.6 Å². The molecule has 0 aliphatic heterocycles. The lowest BCUT2D eigenvalue weighted by Gasteiger charge is -1.79. The van der Waals surface area contributed by atoms with Gasteiger partial charge in [-0.15, -0.1) is 0 Å². The summed E-state index contributed by atoms with van der Waals surface area (Å²) in [7, 11) is 1.89. The number of hydrogen-bond donors (Lipinski definition) is 0. The fraction of sp³-hybridized carbons (Fsp3) is 0.700. The van der Waals surface area contributed by atoms with E-state index in [9.17, 15) is 0 Å². The first-order valence-electron chi connectivity index (χ1n) is 4.56. The first-order chi connectivity index (χ1) is 5.63. The third-order valence-electron chi connectivity index (χ3n) is 0.637. The monoisotopic (exact) mass is 170 g/mol. The van der Waals surface area contributed by atoms with Crippen molar-refractivity contribution >= 4 is 0 Å². The summed E-state index contributed by atoms with van der Waals surface area (Å²) in [6.07, 6.45) is 3.64. The second-order valence-corrected chi connectivity index (χ2v) is 2.91. The van der Waals surface area contributed by atoms with Crippen LogP contribution in [0.25, 0.3) is 0 Å². The molecule has 1 rings (SSSR count). The maximum atomic E-state index is 3.83. The third kappa shape index (κ3) is 16.1. The summed E-state index contributed by atoms with van der Waals surface area (Å²) in [5.41, 5.74) is 0.